The van der Waals surface area contributed by atoms with Gasteiger partial charge < -0.3 is 9.97 Å². The van der Waals surface area contributed by atoms with Crippen molar-refractivity contribution in [2.75, 3.05) is 0 Å². The Kier molecular flexibility index (Phi) is 2.14. The van der Waals surface area contributed by atoms with Crippen LogP contribution in [0.2, 0.25) is 0 Å². The first-order valence-electron chi connectivity index (χ1n) is 2.75. The van der Waals surface area contributed by atoms with Crippen LogP contribution < -0.4 is 5.56 Å². The van der Waals surface area contributed by atoms with E-state index in [1.165, 1.54) is 12.7 Å². The summed E-state index contributed by atoms with van der Waals surface area (Å²) in [6, 6.07) is 0. The van der Waals surface area contributed by atoms with Crippen LogP contribution in [0.4, 0.5) is 0 Å². The van der Waals surface area contributed by atoms with Crippen LogP contribution in [0.25, 0.3) is 11.2 Å². The van der Waals surface area contributed by atoms with Crippen molar-refractivity contribution in [1.29, 1.82) is 0 Å². The maximum absolute atomic E-state index is 10.9. The normalized spacial score (nSPS) is 9.45. The molecule has 0 aliphatic carbocycles. The van der Waals surface area contributed by atoms with Crippen molar-refractivity contribution >= 4 is 11.2 Å². The molecule has 0 amide bonds. The van der Waals surface area contributed by atoms with Gasteiger partial charge in [-0.3, -0.25) is 4.79 Å². The summed E-state index contributed by atoms with van der Waals surface area (Å²) < 4.78 is 0. The smallest absolute Gasteiger partial charge is 0.339 e. The minimum atomic E-state index is -0.192. The molecule has 0 saturated heterocycles. The molecule has 0 aliphatic rings. The van der Waals surface area contributed by atoms with Crippen LogP contribution >= 0.6 is 0 Å². The zero-order valence-corrected chi connectivity index (χ0v) is 8.63. The molecule has 0 saturated carbocycles. The molecule has 0 radical (unpaired) electrons. The summed E-state index contributed by atoms with van der Waals surface area (Å²) in [5, 5.41) is 0. The summed E-state index contributed by atoms with van der Waals surface area (Å²) in [5.74, 6) is 0. The molecule has 2 rings (SSSR count). The van der Waals surface area contributed by atoms with E-state index in [-0.39, 0.29) is 25.0 Å². The van der Waals surface area contributed by atoms with E-state index in [2.05, 4.69) is 19.9 Å². The first-order valence-corrected chi connectivity index (χ1v) is 2.75. The number of aromatic amines is 2. The van der Waals surface area contributed by atoms with Gasteiger partial charge in [-0.05, 0) is 0 Å². The topological polar surface area (TPSA) is 74.4 Å². The van der Waals surface area contributed by atoms with Gasteiger partial charge in [0, 0.05) is 0 Å². The van der Waals surface area contributed by atoms with Crippen LogP contribution in [0.5, 0.6) is 0 Å². The summed E-state index contributed by atoms with van der Waals surface area (Å²) in [6.07, 6.45) is 2.76. The standard InChI is InChI=1S/C5H4N4O.Zn/c10-5-3-4(7-1-6-3)8-2-9-5;/h1-2H,(H2,6,7,8,9,10);/q;+2. The molecule has 2 N–H and O–H groups in total. The van der Waals surface area contributed by atoms with Gasteiger partial charge in [0.1, 0.15) is 0 Å². The Bertz CT molecular complexity index is 406. The van der Waals surface area contributed by atoms with E-state index in [9.17, 15) is 4.79 Å². The molecule has 2 aromatic heterocycles. The van der Waals surface area contributed by atoms with Gasteiger partial charge in [0.15, 0.2) is 11.2 Å². The Morgan fingerprint density at radius 1 is 1.18 bits per heavy atom. The first kappa shape index (κ1) is 8.07. The molecule has 0 fully saturated rings. The largest absolute Gasteiger partial charge is 2.00 e. The Morgan fingerprint density at radius 2 is 1.82 bits per heavy atom. The van der Waals surface area contributed by atoms with Gasteiger partial charge in [-0.1, -0.05) is 0 Å². The molecular formula is C5H4N4OZn+2. The maximum Gasteiger partial charge on any atom is 2.00 e. The van der Waals surface area contributed by atoms with E-state index >= 15 is 0 Å². The van der Waals surface area contributed by atoms with E-state index < -0.39 is 0 Å². The van der Waals surface area contributed by atoms with Crippen molar-refractivity contribution < 1.29 is 19.5 Å². The van der Waals surface area contributed by atoms with Gasteiger partial charge in [0.25, 0.3) is 5.56 Å². The van der Waals surface area contributed by atoms with Crippen molar-refractivity contribution in [2.45, 2.75) is 0 Å². The van der Waals surface area contributed by atoms with Crippen LogP contribution in [-0.2, 0) is 19.5 Å². The molecule has 11 heavy (non-hydrogen) atoms. The van der Waals surface area contributed by atoms with Gasteiger partial charge in [-0.2, -0.15) is 0 Å². The maximum atomic E-state index is 10.9. The monoisotopic (exact) mass is 200 g/mol. The van der Waals surface area contributed by atoms with Gasteiger partial charge in [-0.15, -0.1) is 0 Å². The van der Waals surface area contributed by atoms with Gasteiger partial charge >= 0.3 is 19.5 Å². The van der Waals surface area contributed by atoms with Crippen LogP contribution in [0, 0.1) is 0 Å². The average molecular weight is 202 g/mol. The van der Waals surface area contributed by atoms with Gasteiger partial charge in [-0.25, -0.2) is 9.97 Å². The molecule has 0 atom stereocenters. The van der Waals surface area contributed by atoms with E-state index in [1.54, 1.807) is 0 Å². The van der Waals surface area contributed by atoms with Crippen molar-refractivity contribution in [1.82, 2.24) is 19.9 Å². The zero-order chi connectivity index (χ0) is 6.97. The van der Waals surface area contributed by atoms with E-state index in [4.69, 9.17) is 0 Å². The number of aromatic nitrogens is 4. The van der Waals surface area contributed by atoms with Crippen LogP contribution in [0.1, 0.15) is 0 Å². The summed E-state index contributed by atoms with van der Waals surface area (Å²) in [6.45, 7) is 0. The van der Waals surface area contributed by atoms with Crippen LogP contribution in [0.3, 0.4) is 0 Å². The molecule has 0 bridgehead atoms. The Labute approximate surface area is 74.0 Å². The number of nitrogens with one attached hydrogen (secondary N) is 2. The van der Waals surface area contributed by atoms with Crippen LogP contribution in [0.15, 0.2) is 17.4 Å². The van der Waals surface area contributed by atoms with Crippen molar-refractivity contribution in [3.05, 3.63) is 23.0 Å². The third-order valence-corrected chi connectivity index (χ3v) is 1.23. The Hall–Kier alpha value is -1.03. The summed E-state index contributed by atoms with van der Waals surface area (Å²) in [4.78, 5) is 23.6. The summed E-state index contributed by atoms with van der Waals surface area (Å²) >= 11 is 0. The minimum absolute atomic E-state index is 0. The van der Waals surface area contributed by atoms with Gasteiger partial charge in [0.05, 0.1) is 12.7 Å². The summed E-state index contributed by atoms with van der Waals surface area (Å²) in [7, 11) is 0. The molecule has 2 heterocycles. The molecule has 0 spiro atoms. The number of nitrogens with zero attached hydrogens (tertiary/aromatic N) is 2. The fourth-order valence-electron chi connectivity index (χ4n) is 0.776. The number of H-pyrrole nitrogens is 2. The zero-order valence-electron chi connectivity index (χ0n) is 5.66. The predicted molar refractivity (Wildman–Crippen MR) is 34.5 cm³/mol. The van der Waals surface area contributed by atoms with E-state index in [1.807, 2.05) is 0 Å². The molecule has 0 aromatic carbocycles. The molecule has 50 valence electrons. The molecular weight excluding hydrogens is 197 g/mol. The second kappa shape index (κ2) is 2.92. The fourth-order valence-corrected chi connectivity index (χ4v) is 0.776. The summed E-state index contributed by atoms with van der Waals surface area (Å²) in [5.41, 5.74) is 0.675. The van der Waals surface area contributed by atoms with Gasteiger partial charge in [0.2, 0.25) is 0 Å². The third-order valence-electron chi connectivity index (χ3n) is 1.23. The molecule has 5 nitrogen and oxygen atoms in total. The third kappa shape index (κ3) is 1.21. The number of imidazole rings is 1. The second-order valence-corrected chi connectivity index (χ2v) is 1.83. The second-order valence-electron chi connectivity index (χ2n) is 1.83. The number of hydrogen-bond donors (Lipinski definition) is 2. The molecule has 2 aromatic rings. The van der Waals surface area contributed by atoms with Crippen molar-refractivity contribution in [2.24, 2.45) is 0 Å². The first-order chi connectivity index (χ1) is 4.88. The SMILES string of the molecule is O=c1[nH]cnc2nc[nH]c12.[Zn+2]. The van der Waals surface area contributed by atoms with Crippen LogP contribution in [-0.4, -0.2) is 19.9 Å². The van der Waals surface area contributed by atoms with E-state index in [0.29, 0.717) is 11.2 Å². The van der Waals surface area contributed by atoms with Crippen molar-refractivity contribution in [3.8, 4) is 0 Å². The predicted octanol–water partition coefficient (Wildman–Crippen LogP) is -0.356. The molecule has 6 heteroatoms. The van der Waals surface area contributed by atoms with Crippen molar-refractivity contribution in [3.63, 3.8) is 0 Å². The Balaban J connectivity index is 0.000000605. The average Bonchev–Trinajstić information content (AvgIpc) is 2.36. The van der Waals surface area contributed by atoms with E-state index in [0.717, 1.165) is 0 Å². The molecule has 0 aliphatic heterocycles. The number of rotatable bonds is 0. The minimum Gasteiger partial charge on any atom is -0.339 e. The Morgan fingerprint density at radius 3 is 2.45 bits per heavy atom. The number of hydrogen-bond acceptors (Lipinski definition) is 3. The number of fused-ring (bicyclic) bond motifs is 1. The quantitative estimate of drug-likeness (QED) is 0.572. The molecule has 0 unspecified atom stereocenters. The fraction of sp³-hybridized carbons (Fsp3) is 0.